The first-order chi connectivity index (χ1) is 12.1. The van der Waals surface area contributed by atoms with Crippen LogP contribution in [0.2, 0.25) is 0 Å². The quantitative estimate of drug-likeness (QED) is 0.797. The van der Waals surface area contributed by atoms with Gasteiger partial charge in [-0.1, -0.05) is 12.1 Å². The Kier molecular flexibility index (Phi) is 5.88. The van der Waals surface area contributed by atoms with E-state index >= 15 is 0 Å². The first-order valence-electron chi connectivity index (χ1n) is 7.22. The SMILES string of the molecule is COc1cccc(NC(=O)c2cccc(S(=O)(=O)NCC(F)(F)F)c2)c1. The number of carbonyl (C=O) groups excluding carboxylic acids is 1. The summed E-state index contributed by atoms with van der Waals surface area (Å²) in [4.78, 5) is 11.8. The lowest BCUT2D eigenvalue weighted by molar-refractivity contribution is -0.121. The molecule has 26 heavy (non-hydrogen) atoms. The zero-order chi connectivity index (χ0) is 19.4. The number of halogens is 3. The molecule has 0 fully saturated rings. The maximum atomic E-state index is 12.3. The summed E-state index contributed by atoms with van der Waals surface area (Å²) < 4.78 is 67.0. The average Bonchev–Trinajstić information content (AvgIpc) is 2.60. The molecule has 0 radical (unpaired) electrons. The van der Waals surface area contributed by atoms with Gasteiger partial charge in [0.25, 0.3) is 5.91 Å². The molecule has 1 amide bonds. The molecule has 0 saturated heterocycles. The van der Waals surface area contributed by atoms with Crippen molar-refractivity contribution in [2.24, 2.45) is 0 Å². The summed E-state index contributed by atoms with van der Waals surface area (Å²) in [5.41, 5.74) is 0.389. The molecule has 0 saturated carbocycles. The van der Waals surface area contributed by atoms with Crippen molar-refractivity contribution < 1.29 is 31.1 Å². The second-order valence-electron chi connectivity index (χ2n) is 5.15. The van der Waals surface area contributed by atoms with E-state index in [4.69, 9.17) is 4.74 Å². The number of hydrogen-bond donors (Lipinski definition) is 2. The molecule has 2 aromatic carbocycles. The minimum atomic E-state index is -4.69. The van der Waals surface area contributed by atoms with Crippen LogP contribution < -0.4 is 14.8 Å². The van der Waals surface area contributed by atoms with Crippen LogP contribution in [0, 0.1) is 0 Å². The Morgan fingerprint density at radius 3 is 2.46 bits per heavy atom. The number of amides is 1. The lowest BCUT2D eigenvalue weighted by atomic mass is 10.2. The fourth-order valence-electron chi connectivity index (χ4n) is 1.97. The van der Waals surface area contributed by atoms with Crippen molar-refractivity contribution in [3.8, 4) is 5.75 Å². The second-order valence-corrected chi connectivity index (χ2v) is 6.92. The van der Waals surface area contributed by atoms with Crippen LogP contribution in [-0.4, -0.2) is 34.2 Å². The summed E-state index contributed by atoms with van der Waals surface area (Å²) in [7, 11) is -2.94. The third-order valence-corrected chi connectivity index (χ3v) is 4.60. The molecule has 0 unspecified atom stereocenters. The molecule has 140 valence electrons. The Morgan fingerprint density at radius 1 is 1.12 bits per heavy atom. The number of alkyl halides is 3. The Labute approximate surface area is 148 Å². The van der Waals surface area contributed by atoms with E-state index < -0.39 is 33.5 Å². The number of anilines is 1. The van der Waals surface area contributed by atoms with Crippen LogP contribution in [0.5, 0.6) is 5.75 Å². The molecule has 10 heteroatoms. The van der Waals surface area contributed by atoms with Gasteiger partial charge in [0.2, 0.25) is 10.0 Å². The van der Waals surface area contributed by atoms with Gasteiger partial charge in [0.15, 0.2) is 0 Å². The number of nitrogens with one attached hydrogen (secondary N) is 2. The number of ether oxygens (including phenoxy) is 1. The third-order valence-electron chi connectivity index (χ3n) is 3.20. The maximum absolute atomic E-state index is 12.3. The summed E-state index contributed by atoms with van der Waals surface area (Å²) in [6.45, 7) is -1.70. The van der Waals surface area contributed by atoms with Gasteiger partial charge < -0.3 is 10.1 Å². The van der Waals surface area contributed by atoms with Gasteiger partial charge in [0, 0.05) is 17.3 Å². The number of carbonyl (C=O) groups is 1. The Hall–Kier alpha value is -2.59. The highest BCUT2D eigenvalue weighted by atomic mass is 32.2. The number of rotatable bonds is 6. The van der Waals surface area contributed by atoms with Gasteiger partial charge in [-0.15, -0.1) is 0 Å². The number of hydrogen-bond acceptors (Lipinski definition) is 4. The molecule has 0 aliphatic rings. The van der Waals surface area contributed by atoms with Gasteiger partial charge in [0.1, 0.15) is 12.3 Å². The van der Waals surface area contributed by atoms with E-state index in [1.165, 1.54) is 24.0 Å². The molecular formula is C16H15F3N2O4S. The number of benzene rings is 2. The van der Waals surface area contributed by atoms with E-state index in [0.717, 1.165) is 12.1 Å². The molecule has 0 bridgehead atoms. The second kappa shape index (κ2) is 7.75. The van der Waals surface area contributed by atoms with E-state index in [2.05, 4.69) is 5.32 Å². The molecule has 6 nitrogen and oxygen atoms in total. The monoisotopic (exact) mass is 388 g/mol. The molecule has 2 N–H and O–H groups in total. The first kappa shape index (κ1) is 19.7. The van der Waals surface area contributed by atoms with Crippen LogP contribution in [-0.2, 0) is 10.0 Å². The molecule has 0 spiro atoms. The standard InChI is InChI=1S/C16H15F3N2O4S/c1-25-13-6-3-5-12(9-13)21-15(22)11-4-2-7-14(8-11)26(23,24)20-10-16(17,18)19/h2-9,20H,10H2,1H3,(H,21,22). The van der Waals surface area contributed by atoms with Crippen LogP contribution in [0.1, 0.15) is 10.4 Å². The third kappa shape index (κ3) is 5.46. The average molecular weight is 388 g/mol. The first-order valence-corrected chi connectivity index (χ1v) is 8.71. The van der Waals surface area contributed by atoms with Crippen molar-refractivity contribution in [3.05, 3.63) is 54.1 Å². The van der Waals surface area contributed by atoms with Crippen molar-refractivity contribution >= 4 is 21.6 Å². The summed E-state index contributed by atoms with van der Waals surface area (Å²) in [5, 5.41) is 2.55. The van der Waals surface area contributed by atoms with Crippen LogP contribution in [0.4, 0.5) is 18.9 Å². The minimum absolute atomic E-state index is 0.0253. The van der Waals surface area contributed by atoms with Gasteiger partial charge in [-0.05, 0) is 30.3 Å². The van der Waals surface area contributed by atoms with Gasteiger partial charge in [-0.3, -0.25) is 4.79 Å². The molecule has 0 aliphatic heterocycles. The normalized spacial score (nSPS) is 11.8. The van der Waals surface area contributed by atoms with E-state index in [9.17, 15) is 26.4 Å². The largest absolute Gasteiger partial charge is 0.497 e. The Bertz CT molecular complexity index is 898. The molecule has 0 aromatic heterocycles. The lowest BCUT2D eigenvalue weighted by Crippen LogP contribution is -2.33. The van der Waals surface area contributed by atoms with Crippen LogP contribution in [0.25, 0.3) is 0 Å². The fraction of sp³-hybridized carbons (Fsp3) is 0.188. The van der Waals surface area contributed by atoms with E-state index in [1.54, 1.807) is 24.3 Å². The van der Waals surface area contributed by atoms with Crippen molar-refractivity contribution in [3.63, 3.8) is 0 Å². The van der Waals surface area contributed by atoms with Gasteiger partial charge in [-0.2, -0.15) is 13.2 Å². The maximum Gasteiger partial charge on any atom is 0.402 e. The summed E-state index contributed by atoms with van der Waals surface area (Å²) in [6.07, 6.45) is -4.69. The van der Waals surface area contributed by atoms with Crippen LogP contribution >= 0.6 is 0 Å². The van der Waals surface area contributed by atoms with Crippen molar-refractivity contribution in [1.82, 2.24) is 4.72 Å². The summed E-state index contributed by atoms with van der Waals surface area (Å²) >= 11 is 0. The van der Waals surface area contributed by atoms with Gasteiger partial charge in [0.05, 0.1) is 12.0 Å². The molecule has 0 aliphatic carbocycles. The van der Waals surface area contributed by atoms with E-state index in [0.29, 0.717) is 11.4 Å². The minimum Gasteiger partial charge on any atom is -0.497 e. The topological polar surface area (TPSA) is 84.5 Å². The predicted octanol–water partition coefficient (Wildman–Crippen LogP) is 2.79. The van der Waals surface area contributed by atoms with Crippen molar-refractivity contribution in [1.29, 1.82) is 0 Å². The van der Waals surface area contributed by atoms with Crippen LogP contribution in [0.15, 0.2) is 53.4 Å². The van der Waals surface area contributed by atoms with E-state index in [1.807, 2.05) is 0 Å². The van der Waals surface area contributed by atoms with Crippen molar-refractivity contribution in [2.45, 2.75) is 11.1 Å². The molecule has 0 atom stereocenters. The highest BCUT2D eigenvalue weighted by Gasteiger charge is 2.30. The fourth-order valence-corrected chi connectivity index (χ4v) is 3.03. The van der Waals surface area contributed by atoms with E-state index in [-0.39, 0.29) is 5.56 Å². The predicted molar refractivity (Wildman–Crippen MR) is 88.6 cm³/mol. The summed E-state index contributed by atoms with van der Waals surface area (Å²) in [6, 6.07) is 11.2. The Balaban J connectivity index is 2.18. The number of methoxy groups -OCH3 is 1. The number of sulfonamides is 1. The summed E-state index contributed by atoms with van der Waals surface area (Å²) in [5.74, 6) is -0.110. The smallest absolute Gasteiger partial charge is 0.402 e. The van der Waals surface area contributed by atoms with Gasteiger partial charge >= 0.3 is 6.18 Å². The lowest BCUT2D eigenvalue weighted by Gasteiger charge is -2.11. The highest BCUT2D eigenvalue weighted by molar-refractivity contribution is 7.89. The van der Waals surface area contributed by atoms with Crippen molar-refractivity contribution in [2.75, 3.05) is 19.0 Å². The van der Waals surface area contributed by atoms with Gasteiger partial charge in [-0.25, -0.2) is 13.1 Å². The zero-order valence-electron chi connectivity index (χ0n) is 13.5. The molecular weight excluding hydrogens is 373 g/mol. The molecule has 2 aromatic rings. The highest BCUT2D eigenvalue weighted by Crippen LogP contribution is 2.19. The molecule has 2 rings (SSSR count). The molecule has 0 heterocycles. The Morgan fingerprint density at radius 2 is 1.81 bits per heavy atom. The van der Waals surface area contributed by atoms with Crippen LogP contribution in [0.3, 0.4) is 0 Å². The zero-order valence-corrected chi connectivity index (χ0v) is 14.3.